The molecule has 0 amide bonds. The molecule has 0 aliphatic carbocycles. The highest BCUT2D eigenvalue weighted by Gasteiger charge is 2.12. The Labute approximate surface area is 202 Å². The van der Waals surface area contributed by atoms with Gasteiger partial charge in [-0.05, 0) is 82.0 Å². The van der Waals surface area contributed by atoms with Crippen LogP contribution in [0.4, 0.5) is 0 Å². The molecule has 0 unspecified atom stereocenters. The maximum atomic E-state index is 5.99. The average molecular weight is 532 g/mol. The molecule has 0 saturated carbocycles. The number of benzene rings is 3. The number of halogens is 4. The largest absolute Gasteiger partial charge is 0.493 e. The maximum Gasteiger partial charge on any atom is 0.175 e. The van der Waals surface area contributed by atoms with Crippen molar-refractivity contribution in [2.24, 2.45) is 0 Å². The number of ether oxygens (including phenoxy) is 2. The lowest BCUT2D eigenvalue weighted by molar-refractivity contribution is 0.282. The minimum Gasteiger partial charge on any atom is -0.493 e. The molecule has 3 aromatic carbocycles. The van der Waals surface area contributed by atoms with Crippen molar-refractivity contribution < 1.29 is 9.47 Å². The summed E-state index contributed by atoms with van der Waals surface area (Å²) in [5.74, 6) is 1.38. The fourth-order valence-electron chi connectivity index (χ4n) is 2.87. The van der Waals surface area contributed by atoms with Gasteiger partial charge in [0.2, 0.25) is 0 Å². The van der Waals surface area contributed by atoms with Crippen molar-refractivity contribution in [3.8, 4) is 11.5 Å². The molecular weight excluding hydrogens is 509 g/mol. The molecule has 0 saturated heterocycles. The summed E-state index contributed by atoms with van der Waals surface area (Å²) >= 11 is 15.5. The van der Waals surface area contributed by atoms with Crippen molar-refractivity contribution in [2.45, 2.75) is 19.6 Å². The van der Waals surface area contributed by atoms with Crippen molar-refractivity contribution in [3.05, 3.63) is 91.9 Å². The summed E-state index contributed by atoms with van der Waals surface area (Å²) in [6.07, 6.45) is 0.942. The normalized spacial score (nSPS) is 10.4. The number of nitrogens with one attached hydrogen (secondary N) is 1. The van der Waals surface area contributed by atoms with Gasteiger partial charge in [0.15, 0.2) is 11.5 Å². The third-order valence-electron chi connectivity index (χ3n) is 4.42. The van der Waals surface area contributed by atoms with Crippen LogP contribution in [0.25, 0.3) is 0 Å². The number of methoxy groups -OCH3 is 1. The SMILES string of the molecule is COc1cc(CNCCc2ccc(Cl)cc2)cc(Br)c1OCc1ccc(Cl)cc1.Cl. The summed E-state index contributed by atoms with van der Waals surface area (Å²) in [5, 5.41) is 4.93. The van der Waals surface area contributed by atoms with Crippen LogP contribution in [-0.2, 0) is 19.6 Å². The molecule has 3 aromatic rings. The van der Waals surface area contributed by atoms with Crippen LogP contribution in [-0.4, -0.2) is 13.7 Å². The summed E-state index contributed by atoms with van der Waals surface area (Å²) in [7, 11) is 1.65. The molecule has 0 aliphatic heterocycles. The third-order valence-corrected chi connectivity index (χ3v) is 5.51. The van der Waals surface area contributed by atoms with Crippen molar-refractivity contribution in [3.63, 3.8) is 0 Å². The van der Waals surface area contributed by atoms with Crippen LogP contribution in [0.15, 0.2) is 65.1 Å². The maximum absolute atomic E-state index is 5.99. The Morgan fingerprint density at radius 1 is 0.867 bits per heavy atom. The monoisotopic (exact) mass is 529 g/mol. The highest BCUT2D eigenvalue weighted by molar-refractivity contribution is 9.10. The zero-order valence-corrected chi connectivity index (χ0v) is 20.4. The van der Waals surface area contributed by atoms with Crippen LogP contribution in [0.3, 0.4) is 0 Å². The van der Waals surface area contributed by atoms with E-state index in [4.69, 9.17) is 32.7 Å². The van der Waals surface area contributed by atoms with Crippen LogP contribution in [0.5, 0.6) is 11.5 Å². The topological polar surface area (TPSA) is 30.5 Å². The fourth-order valence-corrected chi connectivity index (χ4v) is 3.72. The van der Waals surface area contributed by atoms with Crippen LogP contribution in [0, 0.1) is 0 Å². The number of hydrogen-bond acceptors (Lipinski definition) is 3. The second-order valence-corrected chi connectivity index (χ2v) is 8.30. The van der Waals surface area contributed by atoms with Gasteiger partial charge in [0, 0.05) is 16.6 Å². The molecule has 0 fully saturated rings. The second-order valence-electron chi connectivity index (χ2n) is 6.58. The predicted molar refractivity (Wildman–Crippen MR) is 131 cm³/mol. The van der Waals surface area contributed by atoms with Crippen molar-refractivity contribution in [1.82, 2.24) is 5.32 Å². The molecule has 7 heteroatoms. The minimum atomic E-state index is 0. The number of rotatable bonds is 9. The fraction of sp³-hybridized carbons (Fsp3) is 0.217. The first-order valence-corrected chi connectivity index (χ1v) is 10.8. The molecule has 0 aliphatic rings. The van der Waals surface area contributed by atoms with Crippen LogP contribution >= 0.6 is 51.5 Å². The zero-order valence-electron chi connectivity index (χ0n) is 16.5. The van der Waals surface area contributed by atoms with Gasteiger partial charge < -0.3 is 14.8 Å². The Balaban J connectivity index is 0.00000320. The van der Waals surface area contributed by atoms with E-state index < -0.39 is 0 Å². The predicted octanol–water partition coefficient (Wildman–Crippen LogP) is 7.10. The van der Waals surface area contributed by atoms with E-state index in [9.17, 15) is 0 Å². The molecular formula is C23H23BrCl3NO2. The molecule has 0 spiro atoms. The molecule has 3 nitrogen and oxygen atoms in total. The quantitative estimate of drug-likeness (QED) is 0.299. The van der Waals surface area contributed by atoms with Gasteiger partial charge in [-0.1, -0.05) is 47.5 Å². The smallest absolute Gasteiger partial charge is 0.175 e. The Bertz CT molecular complexity index is 934. The van der Waals surface area contributed by atoms with E-state index in [1.165, 1.54) is 5.56 Å². The van der Waals surface area contributed by atoms with Crippen LogP contribution in [0.1, 0.15) is 16.7 Å². The summed E-state index contributed by atoms with van der Waals surface area (Å²) < 4.78 is 12.4. The Hall–Kier alpha value is -1.43. The van der Waals surface area contributed by atoms with Crippen LogP contribution in [0.2, 0.25) is 10.0 Å². The summed E-state index contributed by atoms with van der Waals surface area (Å²) in [4.78, 5) is 0. The molecule has 0 atom stereocenters. The molecule has 0 heterocycles. The molecule has 0 radical (unpaired) electrons. The Morgan fingerprint density at radius 2 is 1.47 bits per heavy atom. The van der Waals surface area contributed by atoms with Gasteiger partial charge >= 0.3 is 0 Å². The lowest BCUT2D eigenvalue weighted by Gasteiger charge is -2.15. The molecule has 160 valence electrons. The molecule has 0 aromatic heterocycles. The lowest BCUT2D eigenvalue weighted by Crippen LogP contribution is -2.16. The first-order chi connectivity index (χ1) is 14.0. The highest BCUT2D eigenvalue weighted by atomic mass is 79.9. The lowest BCUT2D eigenvalue weighted by atomic mass is 10.1. The van der Waals surface area contributed by atoms with E-state index in [1.54, 1.807) is 7.11 Å². The van der Waals surface area contributed by atoms with E-state index in [-0.39, 0.29) is 12.4 Å². The Kier molecular flexibility index (Phi) is 10.3. The van der Waals surface area contributed by atoms with Crippen molar-refractivity contribution >= 4 is 51.5 Å². The van der Waals surface area contributed by atoms with Gasteiger partial charge in [0.05, 0.1) is 11.6 Å². The van der Waals surface area contributed by atoms with Gasteiger partial charge in [-0.15, -0.1) is 12.4 Å². The Morgan fingerprint density at radius 3 is 2.07 bits per heavy atom. The summed E-state index contributed by atoms with van der Waals surface area (Å²) in [5.41, 5.74) is 3.41. The van der Waals surface area contributed by atoms with Crippen molar-refractivity contribution in [1.29, 1.82) is 0 Å². The van der Waals surface area contributed by atoms with E-state index in [0.717, 1.165) is 40.1 Å². The van der Waals surface area contributed by atoms with Gasteiger partial charge in [0.25, 0.3) is 0 Å². The van der Waals surface area contributed by atoms with Gasteiger partial charge in [0.1, 0.15) is 6.61 Å². The van der Waals surface area contributed by atoms with Gasteiger partial charge in [-0.25, -0.2) is 0 Å². The summed E-state index contributed by atoms with van der Waals surface area (Å²) in [6.45, 7) is 2.04. The van der Waals surface area contributed by atoms with E-state index in [0.29, 0.717) is 23.1 Å². The molecule has 30 heavy (non-hydrogen) atoms. The molecule has 0 bridgehead atoms. The van der Waals surface area contributed by atoms with Gasteiger partial charge in [-0.2, -0.15) is 0 Å². The van der Waals surface area contributed by atoms with E-state index >= 15 is 0 Å². The van der Waals surface area contributed by atoms with Gasteiger partial charge in [-0.3, -0.25) is 0 Å². The highest BCUT2D eigenvalue weighted by Crippen LogP contribution is 2.37. The minimum absolute atomic E-state index is 0. The zero-order chi connectivity index (χ0) is 20.6. The number of hydrogen-bond donors (Lipinski definition) is 1. The summed E-state index contributed by atoms with van der Waals surface area (Å²) in [6, 6.07) is 19.6. The standard InChI is InChI=1S/C23H22BrCl2NO2.ClH/c1-28-22-13-18(14-27-11-10-16-2-6-19(25)7-3-16)12-21(24)23(22)29-15-17-4-8-20(26)9-5-17;/h2-9,12-13,27H,10-11,14-15H2,1H3;1H. The van der Waals surface area contributed by atoms with E-state index in [2.05, 4.69) is 39.4 Å². The first kappa shape index (κ1) is 24.8. The van der Waals surface area contributed by atoms with E-state index in [1.807, 2.05) is 42.5 Å². The van der Waals surface area contributed by atoms with Crippen molar-refractivity contribution in [2.75, 3.05) is 13.7 Å². The first-order valence-electron chi connectivity index (χ1n) is 9.24. The molecule has 3 rings (SSSR count). The average Bonchev–Trinajstić information content (AvgIpc) is 2.72. The third kappa shape index (κ3) is 7.36. The van der Waals surface area contributed by atoms with Crippen LogP contribution < -0.4 is 14.8 Å². The second kappa shape index (κ2) is 12.4. The molecule has 1 N–H and O–H groups in total.